The molecule has 8 heteroatoms. The highest BCUT2D eigenvalue weighted by molar-refractivity contribution is 7.90. The first-order chi connectivity index (χ1) is 15.2. The molecule has 168 valence electrons. The van der Waals surface area contributed by atoms with E-state index in [9.17, 15) is 17.6 Å². The fourth-order valence-corrected chi connectivity index (χ4v) is 4.27. The topological polar surface area (TPSA) is 69.7 Å². The molecule has 0 aliphatic carbocycles. The zero-order valence-corrected chi connectivity index (χ0v) is 19.0. The van der Waals surface area contributed by atoms with Crippen LogP contribution in [0.25, 0.3) is 0 Å². The lowest BCUT2D eigenvalue weighted by molar-refractivity contribution is -0.120. The number of nitrogens with zero attached hydrogens (tertiary/aromatic N) is 2. The second kappa shape index (κ2) is 9.93. The van der Waals surface area contributed by atoms with Crippen molar-refractivity contribution in [2.45, 2.75) is 13.0 Å². The van der Waals surface area contributed by atoms with Crippen molar-refractivity contribution in [3.8, 4) is 0 Å². The minimum Gasteiger partial charge on any atom is -0.344 e. The van der Waals surface area contributed by atoms with Crippen molar-refractivity contribution in [1.82, 2.24) is 9.62 Å². The van der Waals surface area contributed by atoms with Gasteiger partial charge in [0.1, 0.15) is 12.4 Å². The summed E-state index contributed by atoms with van der Waals surface area (Å²) in [6.45, 7) is 1.52. The molecular formula is C24H26FN3O3S. The van der Waals surface area contributed by atoms with Gasteiger partial charge in [0.15, 0.2) is 0 Å². The maximum atomic E-state index is 13.4. The first-order valence-corrected chi connectivity index (χ1v) is 11.4. The minimum atomic E-state index is -3.99. The van der Waals surface area contributed by atoms with Crippen molar-refractivity contribution >= 4 is 21.8 Å². The lowest BCUT2D eigenvalue weighted by Gasteiger charge is -2.28. The van der Waals surface area contributed by atoms with Crippen LogP contribution in [0.3, 0.4) is 0 Å². The Hall–Kier alpha value is -3.23. The Morgan fingerprint density at radius 3 is 2.03 bits per heavy atom. The lowest BCUT2D eigenvalue weighted by atomic mass is 9.98. The molecule has 6 nitrogen and oxygen atoms in total. The fraction of sp³-hybridized carbons (Fsp3) is 0.208. The van der Waals surface area contributed by atoms with E-state index >= 15 is 0 Å². The fourth-order valence-electron chi connectivity index (χ4n) is 3.21. The number of halogens is 1. The largest absolute Gasteiger partial charge is 0.344 e. The van der Waals surface area contributed by atoms with Gasteiger partial charge in [-0.05, 0) is 42.3 Å². The zero-order chi connectivity index (χ0) is 23.3. The SMILES string of the molecule is Cc1ccc([C@H](NC(=O)CN(c2ccc(F)cc2)S(=O)(=O)N(C)C)c2ccccc2)cc1. The number of nitrogens with one attached hydrogen (secondary N) is 1. The quantitative estimate of drug-likeness (QED) is 0.564. The molecule has 0 bridgehead atoms. The summed E-state index contributed by atoms with van der Waals surface area (Å²) < 4.78 is 41.1. The molecule has 0 fully saturated rings. The summed E-state index contributed by atoms with van der Waals surface area (Å²) >= 11 is 0. The summed E-state index contributed by atoms with van der Waals surface area (Å²) in [6, 6.07) is 21.7. The van der Waals surface area contributed by atoms with Crippen LogP contribution in [0.15, 0.2) is 78.9 Å². The van der Waals surface area contributed by atoms with Crippen LogP contribution in [-0.2, 0) is 15.0 Å². The Morgan fingerprint density at radius 2 is 1.47 bits per heavy atom. The molecule has 1 atom stereocenters. The molecule has 32 heavy (non-hydrogen) atoms. The highest BCUT2D eigenvalue weighted by Gasteiger charge is 2.28. The van der Waals surface area contributed by atoms with Crippen LogP contribution in [0.5, 0.6) is 0 Å². The van der Waals surface area contributed by atoms with Crippen LogP contribution in [0.1, 0.15) is 22.7 Å². The van der Waals surface area contributed by atoms with Gasteiger partial charge in [-0.2, -0.15) is 12.7 Å². The second-order valence-electron chi connectivity index (χ2n) is 7.60. The molecule has 0 radical (unpaired) electrons. The number of amides is 1. The first-order valence-electron chi connectivity index (χ1n) is 10.0. The van der Waals surface area contributed by atoms with Gasteiger partial charge in [-0.15, -0.1) is 0 Å². The number of rotatable bonds is 8. The molecule has 0 spiro atoms. The van der Waals surface area contributed by atoms with E-state index < -0.39 is 34.5 Å². The molecule has 1 N–H and O–H groups in total. The smallest absolute Gasteiger partial charge is 0.304 e. The van der Waals surface area contributed by atoms with Crippen molar-refractivity contribution < 1.29 is 17.6 Å². The van der Waals surface area contributed by atoms with Gasteiger partial charge >= 0.3 is 10.2 Å². The van der Waals surface area contributed by atoms with Gasteiger partial charge in [-0.25, -0.2) is 8.70 Å². The maximum absolute atomic E-state index is 13.4. The molecule has 3 aromatic rings. The van der Waals surface area contributed by atoms with Crippen LogP contribution in [0, 0.1) is 12.7 Å². The van der Waals surface area contributed by atoms with Gasteiger partial charge < -0.3 is 5.32 Å². The predicted octanol–water partition coefficient (Wildman–Crippen LogP) is 3.65. The van der Waals surface area contributed by atoms with Gasteiger partial charge in [-0.1, -0.05) is 60.2 Å². The molecule has 1 amide bonds. The second-order valence-corrected chi connectivity index (χ2v) is 9.66. The van der Waals surface area contributed by atoms with E-state index in [-0.39, 0.29) is 5.69 Å². The summed E-state index contributed by atoms with van der Waals surface area (Å²) in [4.78, 5) is 13.1. The zero-order valence-electron chi connectivity index (χ0n) is 18.2. The lowest BCUT2D eigenvalue weighted by Crippen LogP contribution is -2.46. The molecule has 0 saturated heterocycles. The van der Waals surface area contributed by atoms with E-state index in [1.165, 1.54) is 26.2 Å². The number of carbonyl (C=O) groups is 1. The average molecular weight is 456 g/mol. The number of benzene rings is 3. The molecule has 0 unspecified atom stereocenters. The van der Waals surface area contributed by atoms with Crippen LogP contribution >= 0.6 is 0 Å². The maximum Gasteiger partial charge on any atom is 0.304 e. The molecule has 0 aromatic heterocycles. The van der Waals surface area contributed by atoms with E-state index in [0.717, 1.165) is 37.4 Å². The third kappa shape index (κ3) is 5.52. The summed E-state index contributed by atoms with van der Waals surface area (Å²) in [5.74, 6) is -0.988. The van der Waals surface area contributed by atoms with Crippen LogP contribution in [0.4, 0.5) is 10.1 Å². The monoisotopic (exact) mass is 455 g/mol. The van der Waals surface area contributed by atoms with Gasteiger partial charge in [0.05, 0.1) is 11.7 Å². The van der Waals surface area contributed by atoms with Crippen molar-refractivity contribution in [3.05, 3.63) is 101 Å². The van der Waals surface area contributed by atoms with Gasteiger partial charge in [0.25, 0.3) is 0 Å². The normalized spacial score (nSPS) is 12.4. The van der Waals surface area contributed by atoms with Crippen LogP contribution < -0.4 is 9.62 Å². The highest BCUT2D eigenvalue weighted by atomic mass is 32.2. The molecule has 3 aromatic carbocycles. The summed E-state index contributed by atoms with van der Waals surface area (Å²) in [5.41, 5.74) is 3.03. The summed E-state index contributed by atoms with van der Waals surface area (Å²) in [5, 5.41) is 2.95. The van der Waals surface area contributed by atoms with E-state index in [2.05, 4.69) is 5.32 Å². The van der Waals surface area contributed by atoms with E-state index in [1.54, 1.807) is 0 Å². The number of anilines is 1. The van der Waals surface area contributed by atoms with Gasteiger partial charge in [0.2, 0.25) is 5.91 Å². The minimum absolute atomic E-state index is 0.196. The number of hydrogen-bond donors (Lipinski definition) is 1. The summed E-state index contributed by atoms with van der Waals surface area (Å²) in [6.07, 6.45) is 0. The number of hydrogen-bond acceptors (Lipinski definition) is 3. The van der Waals surface area contributed by atoms with Crippen LogP contribution in [0.2, 0.25) is 0 Å². The Balaban J connectivity index is 1.91. The molecule has 0 saturated carbocycles. The molecular weight excluding hydrogens is 429 g/mol. The molecule has 0 heterocycles. The highest BCUT2D eigenvalue weighted by Crippen LogP contribution is 2.24. The Bertz CT molecular complexity index is 1150. The van der Waals surface area contributed by atoms with Crippen molar-refractivity contribution in [3.63, 3.8) is 0 Å². The third-order valence-electron chi connectivity index (χ3n) is 4.99. The predicted molar refractivity (Wildman–Crippen MR) is 124 cm³/mol. The van der Waals surface area contributed by atoms with E-state index in [1.807, 2.05) is 61.5 Å². The summed E-state index contributed by atoms with van der Waals surface area (Å²) in [7, 11) is -1.23. The molecule has 0 aliphatic rings. The molecule has 0 aliphatic heterocycles. The van der Waals surface area contributed by atoms with Crippen molar-refractivity contribution in [2.75, 3.05) is 24.9 Å². The Labute approximate surface area is 188 Å². The van der Waals surface area contributed by atoms with E-state index in [0.29, 0.717) is 0 Å². The Morgan fingerprint density at radius 1 is 0.906 bits per heavy atom. The first kappa shape index (κ1) is 23.4. The Kier molecular flexibility index (Phi) is 7.27. The number of aryl methyl sites for hydroxylation is 1. The van der Waals surface area contributed by atoms with Gasteiger partial charge in [0, 0.05) is 14.1 Å². The average Bonchev–Trinajstić information content (AvgIpc) is 2.78. The van der Waals surface area contributed by atoms with Crippen molar-refractivity contribution in [1.29, 1.82) is 0 Å². The number of carbonyl (C=O) groups excluding carboxylic acids is 1. The van der Waals surface area contributed by atoms with E-state index in [4.69, 9.17) is 0 Å². The van der Waals surface area contributed by atoms with Crippen molar-refractivity contribution in [2.24, 2.45) is 0 Å². The van der Waals surface area contributed by atoms with Gasteiger partial charge in [-0.3, -0.25) is 4.79 Å². The third-order valence-corrected chi connectivity index (χ3v) is 6.81. The molecule has 3 rings (SSSR count). The van der Waals surface area contributed by atoms with Crippen LogP contribution in [-0.4, -0.2) is 39.3 Å². The standard InChI is InChI=1S/C24H26FN3O3S/c1-18-9-11-20(12-10-18)24(19-7-5-4-6-8-19)26-23(29)17-28(32(30,31)27(2)3)22-15-13-21(25)14-16-22/h4-16,24H,17H2,1-3H3,(H,26,29)/t24-/m1/s1.